The molecule has 0 spiro atoms. The van der Waals surface area contributed by atoms with Crippen molar-refractivity contribution in [3.05, 3.63) is 33.3 Å². The number of hydrogen-bond acceptors (Lipinski definition) is 3. The van der Waals surface area contributed by atoms with Crippen molar-refractivity contribution in [1.82, 2.24) is 10.2 Å². The Morgan fingerprint density at radius 2 is 2.05 bits per heavy atom. The monoisotopic (exact) mass is 340 g/mol. The van der Waals surface area contributed by atoms with Crippen molar-refractivity contribution in [3.63, 3.8) is 0 Å². The van der Waals surface area contributed by atoms with Crippen molar-refractivity contribution in [2.75, 3.05) is 39.8 Å². The summed E-state index contributed by atoms with van der Waals surface area (Å²) in [6.07, 6.45) is 4.71. The van der Waals surface area contributed by atoms with Crippen LogP contribution in [0.3, 0.4) is 0 Å². The molecular formula is C17H22Cl2N2O. The SMILES string of the molecule is CN1CCC(CNCC2=Cc3cc(Cl)cc(Cl)c3OC2)CC1. The lowest BCUT2D eigenvalue weighted by atomic mass is 9.97. The second-order valence-corrected chi connectivity index (χ2v) is 7.12. The van der Waals surface area contributed by atoms with Crippen molar-refractivity contribution < 1.29 is 4.74 Å². The van der Waals surface area contributed by atoms with Gasteiger partial charge in [0.15, 0.2) is 0 Å². The first kappa shape index (κ1) is 16.1. The summed E-state index contributed by atoms with van der Waals surface area (Å²) in [5.41, 5.74) is 2.21. The number of likely N-dealkylation sites (tertiary alicyclic amines) is 1. The summed E-state index contributed by atoms with van der Waals surface area (Å²) in [7, 11) is 2.20. The Morgan fingerprint density at radius 1 is 1.27 bits per heavy atom. The van der Waals surface area contributed by atoms with E-state index in [9.17, 15) is 0 Å². The summed E-state index contributed by atoms with van der Waals surface area (Å²) < 4.78 is 5.77. The summed E-state index contributed by atoms with van der Waals surface area (Å²) in [6.45, 7) is 4.95. The van der Waals surface area contributed by atoms with Gasteiger partial charge in [0.25, 0.3) is 0 Å². The highest BCUT2D eigenvalue weighted by Gasteiger charge is 2.18. The van der Waals surface area contributed by atoms with Crippen LogP contribution in [0.2, 0.25) is 10.0 Å². The van der Waals surface area contributed by atoms with E-state index in [0.717, 1.165) is 30.3 Å². The third-order valence-electron chi connectivity index (χ3n) is 4.42. The summed E-state index contributed by atoms with van der Waals surface area (Å²) >= 11 is 12.2. The number of ether oxygens (including phenoxy) is 1. The molecule has 1 fully saturated rings. The lowest BCUT2D eigenvalue weighted by Crippen LogP contribution is -2.35. The average Bonchev–Trinajstić information content (AvgIpc) is 2.49. The predicted octanol–water partition coefficient (Wildman–Crippen LogP) is 3.70. The summed E-state index contributed by atoms with van der Waals surface area (Å²) in [4.78, 5) is 2.40. The number of piperidine rings is 1. The molecule has 0 bridgehead atoms. The Morgan fingerprint density at radius 3 is 2.82 bits per heavy atom. The van der Waals surface area contributed by atoms with Gasteiger partial charge in [-0.15, -0.1) is 0 Å². The van der Waals surface area contributed by atoms with Crippen LogP contribution in [0.5, 0.6) is 5.75 Å². The fourth-order valence-electron chi connectivity index (χ4n) is 3.07. The zero-order valence-corrected chi connectivity index (χ0v) is 14.4. The fourth-order valence-corrected chi connectivity index (χ4v) is 3.64. The van der Waals surface area contributed by atoms with Gasteiger partial charge in [-0.1, -0.05) is 23.2 Å². The molecule has 0 aromatic heterocycles. The van der Waals surface area contributed by atoms with E-state index in [2.05, 4.69) is 23.3 Å². The maximum Gasteiger partial charge on any atom is 0.145 e. The smallest absolute Gasteiger partial charge is 0.145 e. The van der Waals surface area contributed by atoms with E-state index in [1.165, 1.54) is 31.5 Å². The maximum absolute atomic E-state index is 6.15. The number of rotatable bonds is 4. The molecule has 1 aromatic carbocycles. The van der Waals surface area contributed by atoms with Gasteiger partial charge in [-0.25, -0.2) is 0 Å². The quantitative estimate of drug-likeness (QED) is 0.904. The van der Waals surface area contributed by atoms with Gasteiger partial charge in [-0.05, 0) is 69.2 Å². The highest BCUT2D eigenvalue weighted by atomic mass is 35.5. The molecule has 0 atom stereocenters. The molecule has 2 aliphatic rings. The van der Waals surface area contributed by atoms with E-state index < -0.39 is 0 Å². The minimum Gasteiger partial charge on any atom is -0.487 e. The number of hydrogen-bond donors (Lipinski definition) is 1. The van der Waals surface area contributed by atoms with Gasteiger partial charge in [-0.2, -0.15) is 0 Å². The van der Waals surface area contributed by atoms with Crippen LogP contribution in [0.15, 0.2) is 17.7 Å². The standard InChI is InChI=1S/C17H22Cl2N2O/c1-21-4-2-12(3-5-21)9-20-10-13-6-14-7-15(18)8-16(19)17(14)22-11-13/h6-8,12,20H,2-5,9-11H2,1H3. The molecule has 3 nitrogen and oxygen atoms in total. The second kappa shape index (κ2) is 7.22. The number of benzene rings is 1. The summed E-state index contributed by atoms with van der Waals surface area (Å²) in [5, 5.41) is 4.79. The number of halogens is 2. The third-order valence-corrected chi connectivity index (χ3v) is 4.92. The molecule has 0 aliphatic carbocycles. The zero-order chi connectivity index (χ0) is 15.5. The molecule has 5 heteroatoms. The second-order valence-electron chi connectivity index (χ2n) is 6.27. The maximum atomic E-state index is 6.15. The van der Waals surface area contributed by atoms with Crippen LogP contribution in [0, 0.1) is 5.92 Å². The molecular weight excluding hydrogens is 319 g/mol. The zero-order valence-electron chi connectivity index (χ0n) is 12.9. The number of nitrogens with zero attached hydrogens (tertiary/aromatic N) is 1. The summed E-state index contributed by atoms with van der Waals surface area (Å²) in [6, 6.07) is 3.62. The van der Waals surface area contributed by atoms with Gasteiger partial charge < -0.3 is 15.0 Å². The molecule has 0 saturated carbocycles. The predicted molar refractivity (Wildman–Crippen MR) is 93.0 cm³/mol. The number of fused-ring (bicyclic) bond motifs is 1. The minimum atomic E-state index is 0.581. The Hall–Kier alpha value is -0.740. The van der Waals surface area contributed by atoms with Crippen molar-refractivity contribution >= 4 is 29.3 Å². The Bertz CT molecular complexity index is 566. The Kier molecular flexibility index (Phi) is 5.29. The van der Waals surface area contributed by atoms with Crippen molar-refractivity contribution in [1.29, 1.82) is 0 Å². The highest BCUT2D eigenvalue weighted by molar-refractivity contribution is 6.36. The van der Waals surface area contributed by atoms with Gasteiger partial charge in [0.05, 0.1) is 5.02 Å². The lowest BCUT2D eigenvalue weighted by Gasteiger charge is -2.29. The molecule has 2 heterocycles. The molecule has 1 aromatic rings. The molecule has 3 rings (SSSR count). The van der Waals surface area contributed by atoms with E-state index in [0.29, 0.717) is 16.7 Å². The van der Waals surface area contributed by atoms with Crippen LogP contribution in [-0.2, 0) is 0 Å². The topological polar surface area (TPSA) is 24.5 Å². The molecule has 22 heavy (non-hydrogen) atoms. The van der Waals surface area contributed by atoms with Crippen LogP contribution in [-0.4, -0.2) is 44.7 Å². The van der Waals surface area contributed by atoms with Crippen LogP contribution < -0.4 is 10.1 Å². The van der Waals surface area contributed by atoms with Crippen molar-refractivity contribution in [3.8, 4) is 5.75 Å². The first-order valence-corrected chi connectivity index (χ1v) is 8.58. The van der Waals surface area contributed by atoms with Crippen LogP contribution in [0.1, 0.15) is 18.4 Å². The molecule has 0 unspecified atom stereocenters. The number of nitrogens with one attached hydrogen (secondary N) is 1. The van der Waals surface area contributed by atoms with Crippen molar-refractivity contribution in [2.24, 2.45) is 5.92 Å². The van der Waals surface area contributed by atoms with Gasteiger partial charge >= 0.3 is 0 Å². The average molecular weight is 341 g/mol. The molecule has 1 saturated heterocycles. The lowest BCUT2D eigenvalue weighted by molar-refractivity contribution is 0.216. The van der Waals surface area contributed by atoms with Crippen LogP contribution in [0.25, 0.3) is 6.08 Å². The van der Waals surface area contributed by atoms with Gasteiger partial charge in [0, 0.05) is 17.1 Å². The van der Waals surface area contributed by atoms with E-state index in [1.807, 2.05) is 6.07 Å². The summed E-state index contributed by atoms with van der Waals surface area (Å²) in [5.74, 6) is 1.53. The van der Waals surface area contributed by atoms with Crippen molar-refractivity contribution in [2.45, 2.75) is 12.8 Å². The fraction of sp³-hybridized carbons (Fsp3) is 0.529. The molecule has 0 amide bonds. The van der Waals surface area contributed by atoms with E-state index >= 15 is 0 Å². The minimum absolute atomic E-state index is 0.581. The van der Waals surface area contributed by atoms with E-state index in [1.54, 1.807) is 6.07 Å². The highest BCUT2D eigenvalue weighted by Crippen LogP contribution is 2.36. The first-order chi connectivity index (χ1) is 10.6. The van der Waals surface area contributed by atoms with Crippen LogP contribution in [0.4, 0.5) is 0 Å². The van der Waals surface area contributed by atoms with Gasteiger partial charge in [0.2, 0.25) is 0 Å². The molecule has 0 radical (unpaired) electrons. The Labute approximate surface area is 142 Å². The molecule has 1 N–H and O–H groups in total. The first-order valence-electron chi connectivity index (χ1n) is 7.82. The molecule has 2 aliphatic heterocycles. The normalized spacial score (nSPS) is 19.5. The van der Waals surface area contributed by atoms with Gasteiger partial charge in [0.1, 0.15) is 12.4 Å². The molecule has 120 valence electrons. The van der Waals surface area contributed by atoms with E-state index in [-0.39, 0.29) is 0 Å². The van der Waals surface area contributed by atoms with Crippen LogP contribution >= 0.6 is 23.2 Å². The third kappa shape index (κ3) is 3.96. The Balaban J connectivity index is 1.54. The van der Waals surface area contributed by atoms with Gasteiger partial charge in [-0.3, -0.25) is 0 Å². The van der Waals surface area contributed by atoms with E-state index in [4.69, 9.17) is 27.9 Å². The largest absolute Gasteiger partial charge is 0.487 e.